The van der Waals surface area contributed by atoms with Gasteiger partial charge in [-0.25, -0.2) is 9.48 Å². The molecule has 2 aliphatic rings. The number of carbonyl (C=O) groups excluding carboxylic acids is 2. The molecule has 124 valence electrons. The molecule has 3 amide bonds. The Bertz CT molecular complexity index is 833. The number of fused-ring (bicyclic) bond motifs is 2. The van der Waals surface area contributed by atoms with Crippen LogP contribution in [0.25, 0.3) is 5.70 Å². The number of primary amides is 1. The number of hydroxylamine groups is 2. The number of nitrogens with zero attached hydrogens (tertiary/aromatic N) is 4. The van der Waals surface area contributed by atoms with Crippen LogP contribution < -0.4 is 5.73 Å². The number of rotatable bonds is 4. The van der Waals surface area contributed by atoms with E-state index >= 15 is 0 Å². The molecule has 1 aromatic heterocycles. The fourth-order valence-corrected chi connectivity index (χ4v) is 2.77. The fraction of sp³-hybridized carbons (Fsp3) is 0.300. The molecule has 0 aromatic carbocycles. The van der Waals surface area contributed by atoms with Crippen LogP contribution in [0.3, 0.4) is 0 Å². The zero-order valence-electron chi connectivity index (χ0n) is 11.3. The lowest BCUT2D eigenvalue weighted by atomic mass is 10.2. The Morgan fingerprint density at radius 3 is 2.78 bits per heavy atom. The molecule has 1 aromatic rings. The van der Waals surface area contributed by atoms with Crippen LogP contribution in [0.15, 0.2) is 12.1 Å². The molecule has 1 saturated heterocycles. The Balaban J connectivity index is 1.94. The minimum atomic E-state index is -4.89. The predicted octanol–water partition coefficient (Wildman–Crippen LogP) is -1.18. The summed E-state index contributed by atoms with van der Waals surface area (Å²) in [5.74, 6) is -1.79. The van der Waals surface area contributed by atoms with Gasteiger partial charge in [0.25, 0.3) is 5.91 Å². The van der Waals surface area contributed by atoms with Crippen molar-refractivity contribution >= 4 is 28.0 Å². The Hall–Kier alpha value is -2.51. The quantitative estimate of drug-likeness (QED) is 0.651. The SMILES string of the molecule is NC(=O)c1cc(F)n(C2=CC3CN(C2)C(=O)N3OS(=O)(=O)O)n1. The number of carbonyl (C=O) groups is 2. The molecule has 13 heteroatoms. The van der Waals surface area contributed by atoms with Crippen LogP contribution in [0.1, 0.15) is 10.5 Å². The molecule has 11 nitrogen and oxygen atoms in total. The average molecular weight is 347 g/mol. The Morgan fingerprint density at radius 1 is 1.52 bits per heavy atom. The number of amides is 3. The molecule has 1 fully saturated rings. The molecule has 0 spiro atoms. The van der Waals surface area contributed by atoms with Gasteiger partial charge in [-0.1, -0.05) is 0 Å². The minimum absolute atomic E-state index is 0.0867. The summed E-state index contributed by atoms with van der Waals surface area (Å²) in [4.78, 5) is 24.1. The van der Waals surface area contributed by atoms with Crippen molar-refractivity contribution in [3.05, 3.63) is 23.8 Å². The summed E-state index contributed by atoms with van der Waals surface area (Å²) in [7, 11) is -4.89. The third-order valence-corrected chi connectivity index (χ3v) is 3.62. The first-order valence-electron chi connectivity index (χ1n) is 6.17. The third-order valence-electron chi connectivity index (χ3n) is 3.27. The monoisotopic (exact) mass is 347 g/mol. The van der Waals surface area contributed by atoms with E-state index in [1.165, 1.54) is 6.08 Å². The summed E-state index contributed by atoms with van der Waals surface area (Å²) in [6.07, 6.45) is 1.34. The number of halogens is 1. The molecule has 3 heterocycles. The highest BCUT2D eigenvalue weighted by atomic mass is 32.3. The van der Waals surface area contributed by atoms with Gasteiger partial charge in [-0.05, 0) is 6.08 Å². The van der Waals surface area contributed by atoms with Crippen molar-refractivity contribution in [2.75, 3.05) is 13.1 Å². The van der Waals surface area contributed by atoms with Crippen LogP contribution in [0, 0.1) is 5.95 Å². The number of hydrogen-bond donors (Lipinski definition) is 2. The summed E-state index contributed by atoms with van der Waals surface area (Å²) in [6.45, 7) is -0.0130. The van der Waals surface area contributed by atoms with Crippen LogP contribution in [0.2, 0.25) is 0 Å². The fourth-order valence-electron chi connectivity index (χ4n) is 2.39. The van der Waals surface area contributed by atoms with E-state index in [1.54, 1.807) is 0 Å². The van der Waals surface area contributed by atoms with E-state index in [9.17, 15) is 22.4 Å². The Morgan fingerprint density at radius 2 is 2.22 bits per heavy atom. The normalized spacial score (nSPS) is 20.9. The van der Waals surface area contributed by atoms with E-state index in [0.717, 1.165) is 15.6 Å². The van der Waals surface area contributed by atoms with Gasteiger partial charge in [-0.2, -0.15) is 23.0 Å². The van der Waals surface area contributed by atoms with E-state index in [-0.39, 0.29) is 24.5 Å². The Labute approximate surface area is 128 Å². The smallest absolute Gasteiger partial charge is 0.364 e. The molecule has 1 atom stereocenters. The minimum Gasteiger partial charge on any atom is -0.364 e. The maximum absolute atomic E-state index is 13.9. The lowest BCUT2D eigenvalue weighted by Crippen LogP contribution is -2.35. The van der Waals surface area contributed by atoms with E-state index < -0.39 is 34.3 Å². The first kappa shape index (κ1) is 15.4. The lowest BCUT2D eigenvalue weighted by molar-refractivity contribution is -0.0183. The van der Waals surface area contributed by atoms with Gasteiger partial charge in [0, 0.05) is 12.6 Å². The van der Waals surface area contributed by atoms with Crippen LogP contribution in [0.5, 0.6) is 0 Å². The molecule has 2 aliphatic heterocycles. The molecule has 3 N–H and O–H groups in total. The van der Waals surface area contributed by atoms with Crippen molar-refractivity contribution < 1.29 is 31.2 Å². The maximum atomic E-state index is 13.9. The van der Waals surface area contributed by atoms with Gasteiger partial charge in [0.15, 0.2) is 5.69 Å². The van der Waals surface area contributed by atoms with Crippen molar-refractivity contribution in [3.8, 4) is 0 Å². The summed E-state index contributed by atoms with van der Waals surface area (Å²) < 4.78 is 49.1. The number of urea groups is 1. The summed E-state index contributed by atoms with van der Waals surface area (Å²) in [5, 5.41) is 4.15. The molecule has 0 radical (unpaired) electrons. The van der Waals surface area contributed by atoms with Crippen molar-refractivity contribution in [1.82, 2.24) is 19.7 Å². The van der Waals surface area contributed by atoms with Gasteiger partial charge in [-0.3, -0.25) is 9.35 Å². The predicted molar refractivity (Wildman–Crippen MR) is 70.2 cm³/mol. The Kier molecular flexibility index (Phi) is 3.35. The molecular formula is C10H10FN5O6S. The maximum Gasteiger partial charge on any atom is 0.418 e. The highest BCUT2D eigenvalue weighted by Gasteiger charge is 2.43. The first-order valence-corrected chi connectivity index (χ1v) is 7.54. The molecule has 3 rings (SSSR count). The summed E-state index contributed by atoms with van der Waals surface area (Å²) in [6, 6.07) is -0.862. The second-order valence-electron chi connectivity index (χ2n) is 4.84. The average Bonchev–Trinajstić information content (AvgIpc) is 2.92. The van der Waals surface area contributed by atoms with Gasteiger partial charge in [0.1, 0.15) is 6.04 Å². The van der Waals surface area contributed by atoms with E-state index in [2.05, 4.69) is 9.38 Å². The number of hydrogen-bond acceptors (Lipinski definition) is 6. The summed E-state index contributed by atoms with van der Waals surface area (Å²) in [5.41, 5.74) is 4.90. The second-order valence-corrected chi connectivity index (χ2v) is 5.85. The van der Waals surface area contributed by atoms with Gasteiger partial charge >= 0.3 is 16.4 Å². The van der Waals surface area contributed by atoms with Crippen molar-refractivity contribution in [3.63, 3.8) is 0 Å². The molecular weight excluding hydrogens is 337 g/mol. The van der Waals surface area contributed by atoms with Gasteiger partial charge in [-0.15, -0.1) is 4.28 Å². The van der Waals surface area contributed by atoms with Crippen LogP contribution in [-0.2, 0) is 14.7 Å². The third kappa shape index (κ3) is 2.76. The van der Waals surface area contributed by atoms with E-state index in [4.69, 9.17) is 10.3 Å². The zero-order valence-corrected chi connectivity index (χ0v) is 12.1. The largest absolute Gasteiger partial charge is 0.418 e. The topological polar surface area (TPSA) is 148 Å². The molecule has 0 saturated carbocycles. The van der Waals surface area contributed by atoms with Crippen molar-refractivity contribution in [2.24, 2.45) is 5.73 Å². The van der Waals surface area contributed by atoms with E-state index in [1.807, 2.05) is 0 Å². The van der Waals surface area contributed by atoms with E-state index in [0.29, 0.717) is 5.06 Å². The molecule has 2 bridgehead atoms. The number of aromatic nitrogens is 2. The van der Waals surface area contributed by atoms with Crippen LogP contribution >= 0.6 is 0 Å². The molecule has 1 unspecified atom stereocenters. The van der Waals surface area contributed by atoms with Gasteiger partial charge < -0.3 is 10.6 Å². The van der Waals surface area contributed by atoms with Crippen LogP contribution in [0.4, 0.5) is 9.18 Å². The highest BCUT2D eigenvalue weighted by Crippen LogP contribution is 2.27. The standard InChI is InChI=1S/C10H10FN5O6S/c11-8-2-7(9(12)17)13-15(8)5-1-6-4-14(3-5)10(18)16(6)22-23(19,20)21/h1-2,6H,3-4H2,(H2,12,17)(H,19,20,21). The van der Waals surface area contributed by atoms with Crippen molar-refractivity contribution in [2.45, 2.75) is 6.04 Å². The lowest BCUT2D eigenvalue weighted by Gasteiger charge is -2.21. The zero-order chi connectivity index (χ0) is 16.9. The second kappa shape index (κ2) is 5.00. The van der Waals surface area contributed by atoms with Gasteiger partial charge in [0.05, 0.1) is 12.2 Å². The first-order chi connectivity index (χ1) is 10.7. The van der Waals surface area contributed by atoms with Crippen molar-refractivity contribution in [1.29, 1.82) is 0 Å². The molecule has 0 aliphatic carbocycles. The highest BCUT2D eigenvalue weighted by molar-refractivity contribution is 7.80. The number of nitrogens with two attached hydrogens (primary N) is 1. The summed E-state index contributed by atoms with van der Waals surface area (Å²) >= 11 is 0. The van der Waals surface area contributed by atoms with Crippen LogP contribution in [-0.4, -0.2) is 63.8 Å². The molecule has 23 heavy (non-hydrogen) atoms. The van der Waals surface area contributed by atoms with Gasteiger partial charge in [0.2, 0.25) is 5.95 Å².